The predicted octanol–water partition coefficient (Wildman–Crippen LogP) is 1.98. The number of aromatic nitrogens is 2. The third-order valence-corrected chi connectivity index (χ3v) is 3.07. The van der Waals surface area contributed by atoms with Crippen molar-refractivity contribution in [2.24, 2.45) is 5.73 Å². The minimum Gasteiger partial charge on any atom is -0.330 e. The van der Waals surface area contributed by atoms with Gasteiger partial charge >= 0.3 is 0 Å². The summed E-state index contributed by atoms with van der Waals surface area (Å²) in [6, 6.07) is 6.36. The predicted molar refractivity (Wildman–Crippen MR) is 72.3 cm³/mol. The summed E-state index contributed by atoms with van der Waals surface area (Å²) in [5.41, 5.74) is 8.60. The van der Waals surface area contributed by atoms with Crippen LogP contribution in [0.5, 0.6) is 0 Å². The van der Waals surface area contributed by atoms with Gasteiger partial charge in [-0.25, -0.2) is 4.68 Å². The maximum absolute atomic E-state index is 10.6. The molecule has 0 spiro atoms. The number of hydrogen-bond donors (Lipinski definition) is 1. The van der Waals surface area contributed by atoms with E-state index in [1.54, 1.807) is 16.8 Å². The fourth-order valence-corrected chi connectivity index (χ4v) is 1.96. The van der Waals surface area contributed by atoms with E-state index in [1.807, 2.05) is 13.1 Å². The second-order valence-electron chi connectivity index (χ2n) is 4.33. The van der Waals surface area contributed by atoms with Crippen LogP contribution in [0.1, 0.15) is 17.7 Å². The van der Waals surface area contributed by atoms with Crippen LogP contribution in [0.15, 0.2) is 30.5 Å². The standard InChI is InChI=1S/C13H16N4O2/c1-10-11(3-2-8-14)9-15-16(10)12-4-6-13(7-5-12)17(18)19/h4-7,9H,2-3,8,14H2,1H3. The Hall–Kier alpha value is -2.21. The average molecular weight is 260 g/mol. The van der Waals surface area contributed by atoms with Crippen LogP contribution >= 0.6 is 0 Å². The molecule has 0 saturated heterocycles. The van der Waals surface area contributed by atoms with E-state index in [4.69, 9.17) is 5.73 Å². The van der Waals surface area contributed by atoms with Gasteiger partial charge in [-0.2, -0.15) is 5.10 Å². The molecule has 19 heavy (non-hydrogen) atoms. The maximum atomic E-state index is 10.6. The van der Waals surface area contributed by atoms with Gasteiger partial charge in [0.2, 0.25) is 0 Å². The number of non-ortho nitro benzene ring substituents is 1. The van der Waals surface area contributed by atoms with Gasteiger partial charge in [-0.05, 0) is 44.0 Å². The molecule has 0 amide bonds. The van der Waals surface area contributed by atoms with Crippen molar-refractivity contribution in [3.05, 3.63) is 51.8 Å². The van der Waals surface area contributed by atoms with Gasteiger partial charge in [-0.15, -0.1) is 0 Å². The Balaban J connectivity index is 2.26. The molecule has 6 heteroatoms. The smallest absolute Gasteiger partial charge is 0.269 e. The van der Waals surface area contributed by atoms with E-state index in [2.05, 4.69) is 5.10 Å². The molecule has 2 rings (SSSR count). The normalized spacial score (nSPS) is 10.6. The van der Waals surface area contributed by atoms with E-state index in [0.29, 0.717) is 6.54 Å². The molecule has 2 N–H and O–H groups in total. The summed E-state index contributed by atoms with van der Waals surface area (Å²) < 4.78 is 1.79. The van der Waals surface area contributed by atoms with Gasteiger partial charge in [0.05, 0.1) is 16.8 Å². The van der Waals surface area contributed by atoms with Crippen LogP contribution in [0.2, 0.25) is 0 Å². The summed E-state index contributed by atoms with van der Waals surface area (Å²) in [4.78, 5) is 10.2. The van der Waals surface area contributed by atoms with Gasteiger partial charge in [-0.3, -0.25) is 10.1 Å². The van der Waals surface area contributed by atoms with Crippen molar-refractivity contribution >= 4 is 5.69 Å². The average Bonchev–Trinajstić information content (AvgIpc) is 2.78. The molecule has 6 nitrogen and oxygen atoms in total. The van der Waals surface area contributed by atoms with Crippen molar-refractivity contribution in [3.8, 4) is 5.69 Å². The van der Waals surface area contributed by atoms with E-state index in [0.717, 1.165) is 29.8 Å². The van der Waals surface area contributed by atoms with E-state index in [-0.39, 0.29) is 5.69 Å². The lowest BCUT2D eigenvalue weighted by atomic mass is 10.1. The van der Waals surface area contributed by atoms with Gasteiger partial charge < -0.3 is 5.73 Å². The molecule has 0 aliphatic heterocycles. The lowest BCUT2D eigenvalue weighted by Crippen LogP contribution is -2.02. The first-order chi connectivity index (χ1) is 9.13. The minimum atomic E-state index is -0.410. The minimum absolute atomic E-state index is 0.0805. The van der Waals surface area contributed by atoms with Crippen LogP contribution in [-0.2, 0) is 6.42 Å². The molecule has 0 fully saturated rings. The monoisotopic (exact) mass is 260 g/mol. The third kappa shape index (κ3) is 2.79. The molecule has 0 atom stereocenters. The summed E-state index contributed by atoms with van der Waals surface area (Å²) >= 11 is 0. The fraction of sp³-hybridized carbons (Fsp3) is 0.308. The maximum Gasteiger partial charge on any atom is 0.269 e. The third-order valence-electron chi connectivity index (χ3n) is 3.07. The van der Waals surface area contributed by atoms with E-state index in [1.165, 1.54) is 12.1 Å². The highest BCUT2D eigenvalue weighted by Gasteiger charge is 2.09. The van der Waals surface area contributed by atoms with Crippen LogP contribution in [0.3, 0.4) is 0 Å². The number of nitro groups is 1. The highest BCUT2D eigenvalue weighted by Crippen LogP contribution is 2.18. The first kappa shape index (κ1) is 13.2. The molecule has 1 aromatic carbocycles. The van der Waals surface area contributed by atoms with Crippen molar-refractivity contribution < 1.29 is 4.92 Å². The molecule has 0 bridgehead atoms. The Labute approximate surface area is 111 Å². The number of benzene rings is 1. The molecule has 0 unspecified atom stereocenters. The molecule has 1 heterocycles. The molecule has 100 valence electrons. The Morgan fingerprint density at radius 2 is 2.05 bits per heavy atom. The number of nitrogens with zero attached hydrogens (tertiary/aromatic N) is 3. The first-order valence-electron chi connectivity index (χ1n) is 6.12. The lowest BCUT2D eigenvalue weighted by Gasteiger charge is -2.05. The van der Waals surface area contributed by atoms with Crippen LogP contribution in [0.4, 0.5) is 5.69 Å². The van der Waals surface area contributed by atoms with Crippen molar-refractivity contribution in [2.75, 3.05) is 6.54 Å². The summed E-state index contributed by atoms with van der Waals surface area (Å²) in [6.07, 6.45) is 3.65. The van der Waals surface area contributed by atoms with E-state index in [9.17, 15) is 10.1 Å². The zero-order valence-electron chi connectivity index (χ0n) is 10.7. The molecular formula is C13H16N4O2. The molecule has 2 aromatic rings. The Bertz CT molecular complexity index is 575. The summed E-state index contributed by atoms with van der Waals surface area (Å²) in [5, 5.41) is 14.9. The van der Waals surface area contributed by atoms with Crippen molar-refractivity contribution in [2.45, 2.75) is 19.8 Å². The van der Waals surface area contributed by atoms with E-state index >= 15 is 0 Å². The number of hydrogen-bond acceptors (Lipinski definition) is 4. The molecule has 0 saturated carbocycles. The highest BCUT2D eigenvalue weighted by atomic mass is 16.6. The fourth-order valence-electron chi connectivity index (χ4n) is 1.96. The molecule has 1 aromatic heterocycles. The van der Waals surface area contributed by atoms with Crippen LogP contribution in [0, 0.1) is 17.0 Å². The van der Waals surface area contributed by atoms with Gasteiger partial charge in [0.15, 0.2) is 0 Å². The van der Waals surface area contributed by atoms with Gasteiger partial charge in [0.1, 0.15) is 0 Å². The molecule has 0 aliphatic rings. The lowest BCUT2D eigenvalue weighted by molar-refractivity contribution is -0.384. The Kier molecular flexibility index (Phi) is 3.91. The van der Waals surface area contributed by atoms with Crippen LogP contribution in [-0.4, -0.2) is 21.2 Å². The Morgan fingerprint density at radius 1 is 1.37 bits per heavy atom. The van der Waals surface area contributed by atoms with Crippen LogP contribution < -0.4 is 5.73 Å². The quantitative estimate of drug-likeness (QED) is 0.657. The van der Waals surface area contributed by atoms with Crippen molar-refractivity contribution in [3.63, 3.8) is 0 Å². The number of rotatable bonds is 5. The zero-order chi connectivity index (χ0) is 13.8. The summed E-state index contributed by atoms with van der Waals surface area (Å²) in [6.45, 7) is 2.64. The van der Waals surface area contributed by atoms with Gasteiger partial charge in [-0.1, -0.05) is 0 Å². The topological polar surface area (TPSA) is 87.0 Å². The van der Waals surface area contributed by atoms with Gasteiger partial charge in [0.25, 0.3) is 5.69 Å². The Morgan fingerprint density at radius 3 is 2.63 bits per heavy atom. The van der Waals surface area contributed by atoms with Crippen molar-refractivity contribution in [1.29, 1.82) is 0 Å². The van der Waals surface area contributed by atoms with E-state index < -0.39 is 4.92 Å². The molecule has 0 aliphatic carbocycles. The molecular weight excluding hydrogens is 244 g/mol. The summed E-state index contributed by atoms with van der Waals surface area (Å²) in [7, 11) is 0. The first-order valence-corrected chi connectivity index (χ1v) is 6.12. The largest absolute Gasteiger partial charge is 0.330 e. The van der Waals surface area contributed by atoms with Crippen LogP contribution in [0.25, 0.3) is 5.69 Å². The number of nitrogens with two attached hydrogens (primary N) is 1. The zero-order valence-corrected chi connectivity index (χ0v) is 10.7. The van der Waals surface area contributed by atoms with Crippen molar-refractivity contribution in [1.82, 2.24) is 9.78 Å². The molecule has 0 radical (unpaired) electrons. The van der Waals surface area contributed by atoms with Gasteiger partial charge in [0, 0.05) is 17.8 Å². The number of aryl methyl sites for hydroxylation is 1. The second kappa shape index (κ2) is 5.62. The highest BCUT2D eigenvalue weighted by molar-refractivity contribution is 5.41. The second-order valence-corrected chi connectivity index (χ2v) is 4.33. The number of nitro benzene ring substituents is 1. The summed E-state index contributed by atoms with van der Waals surface area (Å²) in [5.74, 6) is 0. The SMILES string of the molecule is Cc1c(CCCN)cnn1-c1ccc([N+](=O)[O-])cc1.